The molecule has 0 saturated heterocycles. The van der Waals surface area contributed by atoms with Gasteiger partial charge in [-0.2, -0.15) is 0 Å². The summed E-state index contributed by atoms with van der Waals surface area (Å²) in [7, 11) is 1.52. The maximum Gasteiger partial charge on any atom is 0.269 e. The van der Waals surface area contributed by atoms with E-state index in [0.717, 1.165) is 16.8 Å². The van der Waals surface area contributed by atoms with Gasteiger partial charge in [-0.05, 0) is 36.4 Å². The second-order valence-electron chi connectivity index (χ2n) is 5.96. The Morgan fingerprint density at radius 2 is 1.34 bits per heavy atom. The smallest absolute Gasteiger partial charge is 0.269 e. The number of hydrogen-bond donors (Lipinski definition) is 0. The Morgan fingerprint density at radius 3 is 1.86 bits per heavy atom. The van der Waals surface area contributed by atoms with Crippen molar-refractivity contribution in [3.05, 3.63) is 100 Å². The van der Waals surface area contributed by atoms with Gasteiger partial charge in [-0.1, -0.05) is 35.5 Å². The summed E-state index contributed by atoms with van der Waals surface area (Å²) in [6.45, 7) is 0.661. The Balaban J connectivity index is 1.54. The van der Waals surface area contributed by atoms with Gasteiger partial charge in [-0.25, -0.2) is 0 Å². The van der Waals surface area contributed by atoms with Crippen LogP contribution in [-0.2, 0) is 4.84 Å². The van der Waals surface area contributed by atoms with Crippen LogP contribution in [0.15, 0.2) is 84.0 Å². The van der Waals surface area contributed by atoms with Crippen LogP contribution in [0, 0.1) is 10.1 Å². The maximum atomic E-state index is 10.6. The molecule has 0 aliphatic heterocycles. The van der Waals surface area contributed by atoms with Crippen molar-refractivity contribution in [3.8, 4) is 11.5 Å². The molecule has 0 spiro atoms. The van der Waals surface area contributed by atoms with Crippen molar-refractivity contribution in [2.24, 2.45) is 5.16 Å². The minimum Gasteiger partial charge on any atom is -0.490 e. The predicted molar refractivity (Wildman–Crippen MR) is 110 cm³/mol. The fraction of sp³-hybridized carbons (Fsp3) is 0.136. The Labute approximate surface area is 168 Å². The van der Waals surface area contributed by atoms with Crippen LogP contribution in [0.5, 0.6) is 11.5 Å². The van der Waals surface area contributed by atoms with Gasteiger partial charge < -0.3 is 14.3 Å². The van der Waals surface area contributed by atoms with Gasteiger partial charge in [0.05, 0.1) is 4.92 Å². The van der Waals surface area contributed by atoms with Gasteiger partial charge >= 0.3 is 0 Å². The third-order valence-electron chi connectivity index (χ3n) is 4.03. The molecule has 0 atom stereocenters. The number of nitro benzene ring substituents is 1. The van der Waals surface area contributed by atoms with E-state index in [2.05, 4.69) is 5.16 Å². The van der Waals surface area contributed by atoms with Crippen LogP contribution < -0.4 is 9.47 Å². The Morgan fingerprint density at radius 1 is 0.828 bits per heavy atom. The normalized spacial score (nSPS) is 11.0. The summed E-state index contributed by atoms with van der Waals surface area (Å²) in [5.41, 5.74) is 2.63. The number of oxime groups is 1. The average Bonchev–Trinajstić information content (AvgIpc) is 2.76. The highest BCUT2D eigenvalue weighted by Crippen LogP contribution is 2.18. The quantitative estimate of drug-likeness (QED) is 0.232. The summed E-state index contributed by atoms with van der Waals surface area (Å²) >= 11 is 0. The molecule has 0 radical (unpaired) electrons. The van der Waals surface area contributed by atoms with Crippen molar-refractivity contribution >= 4 is 11.4 Å². The molecule has 7 nitrogen and oxygen atoms in total. The summed E-state index contributed by atoms with van der Waals surface area (Å²) in [5.74, 6) is 1.25. The van der Waals surface area contributed by atoms with Crippen molar-refractivity contribution in [2.75, 3.05) is 20.3 Å². The van der Waals surface area contributed by atoms with Crippen LogP contribution in [0.3, 0.4) is 0 Å². The van der Waals surface area contributed by atoms with Crippen molar-refractivity contribution in [3.63, 3.8) is 0 Å². The summed E-state index contributed by atoms with van der Waals surface area (Å²) in [4.78, 5) is 15.2. The first-order valence-electron chi connectivity index (χ1n) is 8.94. The molecule has 0 saturated carbocycles. The number of ether oxygens (including phenoxy) is 2. The predicted octanol–water partition coefficient (Wildman–Crippen LogP) is 4.45. The molecule has 0 fully saturated rings. The minimum absolute atomic E-state index is 0.0283. The number of nitrogens with zero attached hydrogens (tertiary/aromatic N) is 2. The zero-order valence-corrected chi connectivity index (χ0v) is 15.9. The lowest BCUT2D eigenvalue weighted by Crippen LogP contribution is -2.09. The van der Waals surface area contributed by atoms with Crippen LogP contribution in [0.25, 0.3) is 0 Å². The molecule has 0 amide bonds. The topological polar surface area (TPSA) is 83.2 Å². The largest absolute Gasteiger partial charge is 0.490 e. The highest BCUT2D eigenvalue weighted by Gasteiger charge is 2.08. The third-order valence-corrected chi connectivity index (χ3v) is 4.03. The van der Waals surface area contributed by atoms with Crippen molar-refractivity contribution in [1.29, 1.82) is 0 Å². The lowest BCUT2D eigenvalue weighted by molar-refractivity contribution is -0.384. The van der Waals surface area contributed by atoms with Crippen LogP contribution in [0.1, 0.15) is 11.1 Å². The number of rotatable bonds is 9. The van der Waals surface area contributed by atoms with E-state index >= 15 is 0 Å². The minimum atomic E-state index is -0.447. The fourth-order valence-corrected chi connectivity index (χ4v) is 2.65. The second-order valence-corrected chi connectivity index (χ2v) is 5.96. The molecule has 0 aromatic heterocycles. The van der Waals surface area contributed by atoms with Crippen LogP contribution >= 0.6 is 0 Å². The average molecular weight is 392 g/mol. The van der Waals surface area contributed by atoms with Gasteiger partial charge in [-0.15, -0.1) is 0 Å². The number of nitro groups is 1. The monoisotopic (exact) mass is 392 g/mol. The van der Waals surface area contributed by atoms with Gasteiger partial charge in [0.1, 0.15) is 37.5 Å². The maximum absolute atomic E-state index is 10.6. The molecule has 0 bridgehead atoms. The van der Waals surface area contributed by atoms with E-state index in [1.165, 1.54) is 19.2 Å². The van der Waals surface area contributed by atoms with E-state index in [1.54, 1.807) is 12.1 Å². The third kappa shape index (κ3) is 5.55. The van der Waals surface area contributed by atoms with E-state index in [-0.39, 0.29) is 5.69 Å². The van der Waals surface area contributed by atoms with Gasteiger partial charge in [0, 0.05) is 23.3 Å². The Hall–Kier alpha value is -3.87. The van der Waals surface area contributed by atoms with Crippen molar-refractivity contribution in [2.45, 2.75) is 0 Å². The molecule has 7 heteroatoms. The van der Waals surface area contributed by atoms with Crippen LogP contribution in [0.2, 0.25) is 0 Å². The second kappa shape index (κ2) is 9.89. The molecule has 0 aliphatic carbocycles. The summed E-state index contributed by atoms with van der Waals surface area (Å²) in [6.07, 6.45) is 0. The standard InChI is InChI=1S/C22H20N2O5/c1-27-23-22(17-5-3-2-4-6-17)18-7-11-20(12-8-18)28-15-16-29-21-13-9-19(10-14-21)24(25)26/h2-14H,15-16H2,1H3. The SMILES string of the molecule is CON=C(c1ccccc1)c1ccc(OCCOc2ccc([N+](=O)[O-])cc2)cc1. The first-order chi connectivity index (χ1) is 14.2. The summed E-state index contributed by atoms with van der Waals surface area (Å²) < 4.78 is 11.2. The number of hydrogen-bond acceptors (Lipinski definition) is 6. The fourth-order valence-electron chi connectivity index (χ4n) is 2.65. The zero-order valence-electron chi connectivity index (χ0n) is 15.9. The van der Waals surface area contributed by atoms with E-state index in [0.29, 0.717) is 24.7 Å². The van der Waals surface area contributed by atoms with E-state index < -0.39 is 4.92 Å². The Kier molecular flexibility index (Phi) is 6.78. The van der Waals surface area contributed by atoms with Gasteiger partial charge in [0.2, 0.25) is 0 Å². The molecular weight excluding hydrogens is 372 g/mol. The molecule has 0 unspecified atom stereocenters. The first-order valence-corrected chi connectivity index (χ1v) is 8.94. The molecule has 0 N–H and O–H groups in total. The summed E-state index contributed by atoms with van der Waals surface area (Å²) in [5, 5.41) is 14.8. The molecule has 0 aliphatic rings. The van der Waals surface area contributed by atoms with Gasteiger partial charge in [0.15, 0.2) is 0 Å². The van der Waals surface area contributed by atoms with Crippen molar-refractivity contribution in [1.82, 2.24) is 0 Å². The summed E-state index contributed by atoms with van der Waals surface area (Å²) in [6, 6.07) is 23.3. The van der Waals surface area contributed by atoms with Crippen molar-refractivity contribution < 1.29 is 19.2 Å². The molecule has 29 heavy (non-hydrogen) atoms. The van der Waals surface area contributed by atoms with Gasteiger partial charge in [0.25, 0.3) is 5.69 Å². The lowest BCUT2D eigenvalue weighted by atomic mass is 10.0. The number of benzene rings is 3. The highest BCUT2D eigenvalue weighted by atomic mass is 16.6. The van der Waals surface area contributed by atoms with E-state index in [1.807, 2.05) is 54.6 Å². The van der Waals surface area contributed by atoms with E-state index in [9.17, 15) is 10.1 Å². The van der Waals surface area contributed by atoms with Gasteiger partial charge in [-0.3, -0.25) is 10.1 Å². The molecule has 148 valence electrons. The molecule has 3 aromatic rings. The van der Waals surface area contributed by atoms with E-state index in [4.69, 9.17) is 14.3 Å². The Bertz CT molecular complexity index is 955. The first kappa shape index (κ1) is 19.9. The highest BCUT2D eigenvalue weighted by molar-refractivity contribution is 6.12. The molecule has 3 aromatic carbocycles. The lowest BCUT2D eigenvalue weighted by Gasteiger charge is -2.10. The van der Waals surface area contributed by atoms with Crippen LogP contribution in [-0.4, -0.2) is 31.0 Å². The zero-order chi connectivity index (χ0) is 20.5. The number of non-ortho nitro benzene ring substituents is 1. The molecular formula is C22H20N2O5. The van der Waals surface area contributed by atoms with Crippen LogP contribution in [0.4, 0.5) is 5.69 Å². The molecule has 3 rings (SSSR count). The molecule has 0 heterocycles.